The quantitative estimate of drug-likeness (QED) is 0.505. The molecule has 0 aliphatic carbocycles. The second-order valence-corrected chi connectivity index (χ2v) is 5.85. The fourth-order valence-corrected chi connectivity index (χ4v) is 2.53. The number of nitro benzene ring substituents is 1. The molecule has 0 saturated heterocycles. The fraction of sp³-hybridized carbons (Fsp3) is 0.133. The predicted octanol–water partition coefficient (Wildman–Crippen LogP) is 4.53. The Bertz CT molecular complexity index is 750. The molecule has 0 heterocycles. The van der Waals surface area contributed by atoms with Gasteiger partial charge in [0.25, 0.3) is 11.6 Å². The van der Waals surface area contributed by atoms with Crippen molar-refractivity contribution in [3.8, 4) is 0 Å². The first kappa shape index (κ1) is 16.3. The monoisotopic (exact) mass is 336 g/mol. The fourth-order valence-electron chi connectivity index (χ4n) is 1.89. The minimum Gasteiger partial charge on any atom is -0.322 e. The zero-order chi connectivity index (χ0) is 16.3. The lowest BCUT2D eigenvalue weighted by Gasteiger charge is -2.08. The van der Waals surface area contributed by atoms with E-state index in [-0.39, 0.29) is 5.69 Å². The molecule has 0 spiro atoms. The van der Waals surface area contributed by atoms with Crippen LogP contribution in [0.1, 0.15) is 15.9 Å². The normalized spacial score (nSPS) is 10.3. The average Bonchev–Trinajstić information content (AvgIpc) is 2.49. The number of rotatable bonds is 4. The number of nitro groups is 1. The van der Waals surface area contributed by atoms with Gasteiger partial charge in [-0.3, -0.25) is 14.9 Å². The number of hydrogen-bond donors (Lipinski definition) is 1. The molecule has 0 aliphatic heterocycles. The average molecular weight is 337 g/mol. The molecule has 1 N–H and O–H groups in total. The highest BCUT2D eigenvalue weighted by Gasteiger charge is 2.15. The molecule has 0 atom stereocenters. The molecule has 0 aromatic heterocycles. The molecule has 22 heavy (non-hydrogen) atoms. The summed E-state index contributed by atoms with van der Waals surface area (Å²) in [5.41, 5.74) is 1.18. The minimum atomic E-state index is -0.480. The van der Waals surface area contributed by atoms with Crippen LogP contribution in [-0.2, 0) is 0 Å². The van der Waals surface area contributed by atoms with Crippen molar-refractivity contribution in [2.45, 2.75) is 11.8 Å². The summed E-state index contributed by atoms with van der Waals surface area (Å²) >= 11 is 7.54. The topological polar surface area (TPSA) is 72.2 Å². The van der Waals surface area contributed by atoms with Gasteiger partial charge in [0.1, 0.15) is 0 Å². The second-order valence-electron chi connectivity index (χ2n) is 4.56. The van der Waals surface area contributed by atoms with Gasteiger partial charge in [0.2, 0.25) is 0 Å². The van der Waals surface area contributed by atoms with Crippen LogP contribution in [-0.4, -0.2) is 17.1 Å². The van der Waals surface area contributed by atoms with Gasteiger partial charge in [-0.25, -0.2) is 0 Å². The maximum absolute atomic E-state index is 12.3. The third-order valence-corrected chi connectivity index (χ3v) is 4.14. The van der Waals surface area contributed by atoms with Crippen LogP contribution in [0.3, 0.4) is 0 Å². The molecule has 0 aliphatic rings. The highest BCUT2D eigenvalue weighted by Crippen LogP contribution is 2.26. The molecular weight excluding hydrogens is 324 g/mol. The van der Waals surface area contributed by atoms with Crippen LogP contribution in [0.15, 0.2) is 41.3 Å². The molecule has 0 bridgehead atoms. The molecule has 0 fully saturated rings. The SMILES string of the molecule is CSc1ccc(Cl)c(C(=O)Nc2ccc(C)c([N+](=O)[O-])c2)c1. The van der Waals surface area contributed by atoms with E-state index in [0.29, 0.717) is 21.8 Å². The first-order chi connectivity index (χ1) is 10.4. The maximum atomic E-state index is 12.3. The number of halogens is 1. The van der Waals surface area contributed by atoms with Crippen molar-refractivity contribution in [3.63, 3.8) is 0 Å². The van der Waals surface area contributed by atoms with Gasteiger partial charge in [0.15, 0.2) is 0 Å². The summed E-state index contributed by atoms with van der Waals surface area (Å²) in [6.07, 6.45) is 1.90. The van der Waals surface area contributed by atoms with Crippen LogP contribution >= 0.6 is 23.4 Å². The predicted molar refractivity (Wildman–Crippen MR) is 89.0 cm³/mol. The van der Waals surface area contributed by atoms with Crippen LogP contribution in [0.5, 0.6) is 0 Å². The summed E-state index contributed by atoms with van der Waals surface area (Å²) in [7, 11) is 0. The molecule has 0 radical (unpaired) electrons. The summed E-state index contributed by atoms with van der Waals surface area (Å²) in [4.78, 5) is 23.7. The first-order valence-electron chi connectivity index (χ1n) is 6.32. The third kappa shape index (κ3) is 3.58. The van der Waals surface area contributed by atoms with E-state index in [1.165, 1.54) is 17.8 Å². The summed E-state index contributed by atoms with van der Waals surface area (Å²) < 4.78 is 0. The number of benzene rings is 2. The zero-order valence-corrected chi connectivity index (χ0v) is 13.5. The lowest BCUT2D eigenvalue weighted by atomic mass is 10.1. The molecular formula is C15H13ClN2O3S. The Kier molecular flexibility index (Phi) is 5.05. The van der Waals surface area contributed by atoms with E-state index in [1.807, 2.05) is 12.3 Å². The number of nitrogens with one attached hydrogen (secondary N) is 1. The number of nitrogens with zero attached hydrogens (tertiary/aromatic N) is 1. The van der Waals surface area contributed by atoms with Gasteiger partial charge in [-0.05, 0) is 37.4 Å². The number of aryl methyl sites for hydroxylation is 1. The summed E-state index contributed by atoms with van der Waals surface area (Å²) in [6, 6.07) is 9.70. The molecule has 2 aromatic carbocycles. The van der Waals surface area contributed by atoms with Crippen molar-refractivity contribution in [3.05, 3.63) is 62.7 Å². The Morgan fingerprint density at radius 3 is 2.64 bits per heavy atom. The first-order valence-corrected chi connectivity index (χ1v) is 7.92. The smallest absolute Gasteiger partial charge is 0.274 e. The van der Waals surface area contributed by atoms with E-state index in [2.05, 4.69) is 5.32 Å². The van der Waals surface area contributed by atoms with Crippen LogP contribution in [0.2, 0.25) is 5.02 Å². The standard InChI is InChI=1S/C15H13ClN2O3S/c1-9-3-4-10(7-14(9)18(20)21)17-15(19)12-8-11(22-2)5-6-13(12)16/h3-8H,1-2H3,(H,17,19). The number of hydrogen-bond acceptors (Lipinski definition) is 4. The number of amides is 1. The Hall–Kier alpha value is -2.05. The van der Waals surface area contributed by atoms with Gasteiger partial charge in [-0.1, -0.05) is 17.7 Å². The minimum absolute atomic E-state index is 0.0400. The summed E-state index contributed by atoms with van der Waals surface area (Å²) in [5.74, 6) is -0.404. The third-order valence-electron chi connectivity index (χ3n) is 3.08. The van der Waals surface area contributed by atoms with E-state index in [1.54, 1.807) is 31.2 Å². The molecule has 2 rings (SSSR count). The molecule has 7 heteroatoms. The molecule has 0 unspecified atom stereocenters. The van der Waals surface area contributed by atoms with Gasteiger partial charge in [-0.15, -0.1) is 11.8 Å². The van der Waals surface area contributed by atoms with Crippen LogP contribution < -0.4 is 5.32 Å². The number of carbonyl (C=O) groups is 1. The lowest BCUT2D eigenvalue weighted by molar-refractivity contribution is -0.385. The number of carbonyl (C=O) groups excluding carboxylic acids is 1. The van der Waals surface area contributed by atoms with Crippen molar-refractivity contribution in [1.29, 1.82) is 0 Å². The van der Waals surface area contributed by atoms with Gasteiger partial charge >= 0.3 is 0 Å². The Morgan fingerprint density at radius 1 is 1.27 bits per heavy atom. The van der Waals surface area contributed by atoms with Crippen LogP contribution in [0.4, 0.5) is 11.4 Å². The number of anilines is 1. The van der Waals surface area contributed by atoms with E-state index in [4.69, 9.17) is 11.6 Å². The highest BCUT2D eigenvalue weighted by molar-refractivity contribution is 7.98. The van der Waals surface area contributed by atoms with Crippen LogP contribution in [0.25, 0.3) is 0 Å². The van der Waals surface area contributed by atoms with Crippen molar-refractivity contribution < 1.29 is 9.72 Å². The second kappa shape index (κ2) is 6.81. The van der Waals surface area contributed by atoms with Gasteiger partial charge < -0.3 is 5.32 Å². The van der Waals surface area contributed by atoms with E-state index >= 15 is 0 Å². The summed E-state index contributed by atoms with van der Waals surface area (Å²) in [5, 5.41) is 13.9. The van der Waals surface area contributed by atoms with Gasteiger partial charge in [0.05, 0.1) is 15.5 Å². The van der Waals surface area contributed by atoms with Gasteiger partial charge in [-0.2, -0.15) is 0 Å². The van der Waals surface area contributed by atoms with E-state index in [9.17, 15) is 14.9 Å². The molecule has 2 aromatic rings. The van der Waals surface area contributed by atoms with Crippen molar-refractivity contribution >= 4 is 40.6 Å². The van der Waals surface area contributed by atoms with E-state index < -0.39 is 10.8 Å². The Balaban J connectivity index is 2.29. The lowest BCUT2D eigenvalue weighted by Crippen LogP contribution is -2.13. The molecule has 1 amide bonds. The van der Waals surface area contributed by atoms with Crippen molar-refractivity contribution in [1.82, 2.24) is 0 Å². The molecule has 5 nitrogen and oxygen atoms in total. The highest BCUT2D eigenvalue weighted by atomic mass is 35.5. The van der Waals surface area contributed by atoms with E-state index in [0.717, 1.165) is 4.90 Å². The maximum Gasteiger partial charge on any atom is 0.274 e. The zero-order valence-electron chi connectivity index (χ0n) is 11.9. The molecule has 114 valence electrons. The largest absolute Gasteiger partial charge is 0.322 e. The van der Waals surface area contributed by atoms with Crippen molar-refractivity contribution in [2.75, 3.05) is 11.6 Å². The summed E-state index contributed by atoms with van der Waals surface area (Å²) in [6.45, 7) is 1.64. The molecule has 0 saturated carbocycles. The van der Waals surface area contributed by atoms with Crippen LogP contribution in [0, 0.1) is 17.0 Å². The van der Waals surface area contributed by atoms with Gasteiger partial charge in [0, 0.05) is 22.2 Å². The Labute approximate surface area is 136 Å². The van der Waals surface area contributed by atoms with Crippen molar-refractivity contribution in [2.24, 2.45) is 0 Å². The Morgan fingerprint density at radius 2 is 2.00 bits per heavy atom. The number of thioether (sulfide) groups is 1.